The molecule has 2 bridgehead atoms. The van der Waals surface area contributed by atoms with Crippen LogP contribution in [0.1, 0.15) is 12.8 Å². The number of aliphatic hydroxyl groups excluding tert-OH is 2. The van der Waals surface area contributed by atoms with Gasteiger partial charge in [-0.05, 0) is 25.0 Å². The predicted molar refractivity (Wildman–Crippen MR) is 70.8 cm³/mol. The van der Waals surface area contributed by atoms with Crippen molar-refractivity contribution in [1.82, 2.24) is 0 Å². The highest BCUT2D eigenvalue weighted by molar-refractivity contribution is 5.99. The Kier molecular flexibility index (Phi) is 2.49. The van der Waals surface area contributed by atoms with Crippen molar-refractivity contribution in [3.05, 3.63) is 30.3 Å². The van der Waals surface area contributed by atoms with E-state index in [4.69, 9.17) is 4.74 Å². The maximum Gasteiger partial charge on any atom is 0.235 e. The lowest BCUT2D eigenvalue weighted by molar-refractivity contribution is -0.123. The SMILES string of the molecule is O=C1[C@@H]2[C@H]3CC[C@H](O3)[C@]2(CO)[C@@H](O)N1c1ccccc1. The van der Waals surface area contributed by atoms with E-state index in [2.05, 4.69) is 0 Å². The highest BCUT2D eigenvalue weighted by Crippen LogP contribution is 2.58. The Bertz CT molecular complexity index is 548. The third kappa shape index (κ3) is 1.26. The van der Waals surface area contributed by atoms with Crippen molar-refractivity contribution in [1.29, 1.82) is 0 Å². The number of nitrogens with zero attached hydrogens (tertiary/aromatic N) is 1. The van der Waals surface area contributed by atoms with Gasteiger partial charge >= 0.3 is 0 Å². The van der Waals surface area contributed by atoms with E-state index in [1.165, 1.54) is 4.90 Å². The molecule has 0 saturated carbocycles. The molecule has 1 aromatic carbocycles. The molecule has 3 heterocycles. The van der Waals surface area contributed by atoms with Crippen LogP contribution in [-0.2, 0) is 9.53 Å². The number of hydrogen-bond donors (Lipinski definition) is 2. The average Bonchev–Trinajstić information content (AvgIpc) is 3.12. The first kappa shape index (κ1) is 12.3. The highest BCUT2D eigenvalue weighted by Gasteiger charge is 2.71. The highest BCUT2D eigenvalue weighted by atomic mass is 16.5. The number of hydrogen-bond acceptors (Lipinski definition) is 4. The van der Waals surface area contributed by atoms with Crippen molar-refractivity contribution in [2.45, 2.75) is 31.3 Å². The first-order valence-corrected chi connectivity index (χ1v) is 7.02. The summed E-state index contributed by atoms with van der Waals surface area (Å²) in [6, 6.07) is 9.14. The van der Waals surface area contributed by atoms with E-state index in [-0.39, 0.29) is 24.7 Å². The van der Waals surface area contributed by atoms with Crippen LogP contribution in [0, 0.1) is 11.3 Å². The number of anilines is 1. The van der Waals surface area contributed by atoms with Crippen molar-refractivity contribution in [2.24, 2.45) is 11.3 Å². The lowest BCUT2D eigenvalue weighted by atomic mass is 9.67. The summed E-state index contributed by atoms with van der Waals surface area (Å²) in [6.07, 6.45) is 0.216. The molecule has 3 aliphatic rings. The molecule has 5 heteroatoms. The van der Waals surface area contributed by atoms with Gasteiger partial charge in [-0.15, -0.1) is 0 Å². The van der Waals surface area contributed by atoms with Crippen molar-refractivity contribution in [3.8, 4) is 0 Å². The number of benzene rings is 1. The summed E-state index contributed by atoms with van der Waals surface area (Å²) in [7, 11) is 0. The van der Waals surface area contributed by atoms with Gasteiger partial charge in [0.25, 0.3) is 0 Å². The molecular formula is C15H17NO4. The molecule has 106 valence electrons. The fourth-order valence-corrected chi connectivity index (χ4v) is 4.22. The van der Waals surface area contributed by atoms with Crippen LogP contribution in [-0.4, -0.2) is 41.2 Å². The van der Waals surface area contributed by atoms with Crippen LogP contribution in [0.4, 0.5) is 5.69 Å². The average molecular weight is 275 g/mol. The maximum atomic E-state index is 12.7. The molecule has 5 nitrogen and oxygen atoms in total. The second-order valence-corrected chi connectivity index (χ2v) is 5.91. The van der Waals surface area contributed by atoms with Gasteiger partial charge in [0.05, 0.1) is 30.1 Å². The summed E-state index contributed by atoms with van der Waals surface area (Å²) in [6.45, 7) is -0.227. The van der Waals surface area contributed by atoms with Crippen LogP contribution in [0.25, 0.3) is 0 Å². The van der Waals surface area contributed by atoms with Gasteiger partial charge in [0.1, 0.15) is 6.23 Å². The van der Waals surface area contributed by atoms with Gasteiger partial charge in [0, 0.05) is 5.69 Å². The van der Waals surface area contributed by atoms with E-state index in [9.17, 15) is 15.0 Å². The minimum Gasteiger partial charge on any atom is -0.395 e. The van der Waals surface area contributed by atoms with Crippen LogP contribution >= 0.6 is 0 Å². The van der Waals surface area contributed by atoms with Gasteiger partial charge in [0.2, 0.25) is 5.91 Å². The quantitative estimate of drug-likeness (QED) is 0.825. The molecular weight excluding hydrogens is 258 g/mol. The molecule has 3 aliphatic heterocycles. The smallest absolute Gasteiger partial charge is 0.235 e. The van der Waals surface area contributed by atoms with Crippen LogP contribution in [0.5, 0.6) is 0 Å². The zero-order valence-corrected chi connectivity index (χ0v) is 11.0. The van der Waals surface area contributed by atoms with Gasteiger partial charge < -0.3 is 14.9 Å². The van der Waals surface area contributed by atoms with E-state index < -0.39 is 17.6 Å². The third-order valence-electron chi connectivity index (χ3n) is 5.14. The number of carbonyl (C=O) groups is 1. The molecule has 0 spiro atoms. The lowest BCUT2D eigenvalue weighted by Crippen LogP contribution is -2.50. The number of ether oxygens (including phenoxy) is 1. The molecule has 3 saturated heterocycles. The molecule has 3 fully saturated rings. The van der Waals surface area contributed by atoms with Crippen molar-refractivity contribution in [2.75, 3.05) is 11.5 Å². The van der Waals surface area contributed by atoms with Gasteiger partial charge in [-0.25, -0.2) is 0 Å². The fourth-order valence-electron chi connectivity index (χ4n) is 4.22. The van der Waals surface area contributed by atoms with E-state index in [0.29, 0.717) is 5.69 Å². The first-order valence-electron chi connectivity index (χ1n) is 7.02. The van der Waals surface area contributed by atoms with E-state index in [1.807, 2.05) is 18.2 Å². The van der Waals surface area contributed by atoms with E-state index in [1.54, 1.807) is 12.1 Å². The second-order valence-electron chi connectivity index (χ2n) is 5.91. The van der Waals surface area contributed by atoms with Crippen LogP contribution in [0.3, 0.4) is 0 Å². The summed E-state index contributed by atoms with van der Waals surface area (Å²) in [4.78, 5) is 14.2. The largest absolute Gasteiger partial charge is 0.395 e. The Hall–Kier alpha value is -1.43. The van der Waals surface area contributed by atoms with Gasteiger partial charge in [-0.3, -0.25) is 9.69 Å². The zero-order chi connectivity index (χ0) is 13.9. The van der Waals surface area contributed by atoms with Crippen LogP contribution in [0.15, 0.2) is 30.3 Å². The fraction of sp³-hybridized carbons (Fsp3) is 0.533. The van der Waals surface area contributed by atoms with Gasteiger partial charge in [-0.1, -0.05) is 18.2 Å². The summed E-state index contributed by atoms with van der Waals surface area (Å²) in [5.74, 6) is -0.564. The Morgan fingerprint density at radius 3 is 2.70 bits per heavy atom. The Balaban J connectivity index is 1.81. The Morgan fingerprint density at radius 2 is 2.05 bits per heavy atom. The monoisotopic (exact) mass is 275 g/mol. The van der Waals surface area contributed by atoms with Crippen molar-refractivity contribution < 1.29 is 19.7 Å². The molecule has 5 atom stereocenters. The topological polar surface area (TPSA) is 70.0 Å². The number of fused-ring (bicyclic) bond motifs is 5. The molecule has 2 N–H and O–H groups in total. The third-order valence-corrected chi connectivity index (χ3v) is 5.14. The van der Waals surface area contributed by atoms with Crippen molar-refractivity contribution in [3.63, 3.8) is 0 Å². The van der Waals surface area contributed by atoms with Crippen LogP contribution < -0.4 is 4.90 Å². The number of amides is 1. The number of carbonyl (C=O) groups excluding carboxylic acids is 1. The van der Waals surface area contributed by atoms with E-state index in [0.717, 1.165) is 12.8 Å². The van der Waals surface area contributed by atoms with Crippen molar-refractivity contribution >= 4 is 11.6 Å². The molecule has 4 rings (SSSR count). The Labute approximate surface area is 116 Å². The normalized spacial score (nSPS) is 42.3. The molecule has 0 aromatic heterocycles. The van der Waals surface area contributed by atoms with Gasteiger partial charge in [0.15, 0.2) is 0 Å². The number of aliphatic hydroxyl groups is 2. The second kappa shape index (κ2) is 4.04. The minimum atomic E-state index is -1.03. The summed E-state index contributed by atoms with van der Waals surface area (Å²) in [5.41, 5.74) is -0.192. The van der Waals surface area contributed by atoms with Gasteiger partial charge in [-0.2, -0.15) is 0 Å². The predicted octanol–water partition coefficient (Wildman–Crippen LogP) is 0.508. The zero-order valence-electron chi connectivity index (χ0n) is 11.0. The summed E-state index contributed by atoms with van der Waals surface area (Å²) >= 11 is 0. The molecule has 20 heavy (non-hydrogen) atoms. The molecule has 1 amide bonds. The van der Waals surface area contributed by atoms with E-state index >= 15 is 0 Å². The summed E-state index contributed by atoms with van der Waals surface area (Å²) in [5, 5.41) is 20.6. The summed E-state index contributed by atoms with van der Waals surface area (Å²) < 4.78 is 5.79. The minimum absolute atomic E-state index is 0.134. The molecule has 0 radical (unpaired) electrons. The Morgan fingerprint density at radius 1 is 1.30 bits per heavy atom. The van der Waals surface area contributed by atoms with Crippen LogP contribution in [0.2, 0.25) is 0 Å². The standard InChI is InChI=1S/C15H17NO4/c17-8-15-11-7-6-10(20-11)12(15)13(18)16(14(15)19)9-4-2-1-3-5-9/h1-5,10-12,14,17,19H,6-8H2/t10-,11+,12+,14-,15+/m1/s1. The number of para-hydroxylation sites is 1. The lowest BCUT2D eigenvalue weighted by Gasteiger charge is -2.36. The molecule has 1 aromatic rings. The molecule has 0 aliphatic carbocycles. The first-order chi connectivity index (χ1) is 9.70. The molecule has 0 unspecified atom stereocenters. The maximum absolute atomic E-state index is 12.7. The number of rotatable bonds is 2.